The van der Waals surface area contributed by atoms with Crippen molar-refractivity contribution in [3.8, 4) is 0 Å². The molecule has 6 N–H and O–H groups in total. The Bertz CT molecular complexity index is 721. The minimum Gasteiger partial charge on any atom is -0.394 e. The van der Waals surface area contributed by atoms with E-state index in [1.54, 1.807) is 6.08 Å². The average molecular weight is 644 g/mol. The number of carbonyl (C=O) groups is 1. The Morgan fingerprint density at radius 2 is 1.22 bits per heavy atom. The summed E-state index contributed by atoms with van der Waals surface area (Å²) >= 11 is 0. The van der Waals surface area contributed by atoms with Crippen LogP contribution in [0.5, 0.6) is 0 Å². The van der Waals surface area contributed by atoms with Crippen molar-refractivity contribution in [1.82, 2.24) is 5.32 Å². The number of hydrogen-bond acceptors (Lipinski definition) is 8. The monoisotopic (exact) mass is 644 g/mol. The Kier molecular flexibility index (Phi) is 26.1. The maximum absolute atomic E-state index is 12.7. The molecule has 0 aliphatic carbocycles. The molecule has 7 atom stereocenters. The van der Waals surface area contributed by atoms with Gasteiger partial charge in [0.25, 0.3) is 0 Å². The first kappa shape index (κ1) is 42.0. The first-order valence-corrected chi connectivity index (χ1v) is 18.4. The van der Waals surface area contributed by atoms with Crippen LogP contribution in [-0.4, -0.2) is 87.5 Å². The van der Waals surface area contributed by atoms with Gasteiger partial charge in [0.1, 0.15) is 24.4 Å². The summed E-state index contributed by atoms with van der Waals surface area (Å²) in [5.41, 5.74) is 0. The summed E-state index contributed by atoms with van der Waals surface area (Å²) in [7, 11) is 0. The van der Waals surface area contributed by atoms with Gasteiger partial charge in [-0.1, -0.05) is 142 Å². The number of rotatable bonds is 29. The summed E-state index contributed by atoms with van der Waals surface area (Å²) in [6.07, 6.45) is 21.3. The van der Waals surface area contributed by atoms with E-state index in [0.29, 0.717) is 6.42 Å². The SMILES string of the molecule is CCCCCCCCCCCCCCC/C=C/C(O)C(COC1OC(CO)C(O)C(O)C1O)NC(=O)CCCCCCCCC. The third-order valence-electron chi connectivity index (χ3n) is 8.86. The van der Waals surface area contributed by atoms with Gasteiger partial charge in [-0.2, -0.15) is 0 Å². The molecule has 0 radical (unpaired) electrons. The topological polar surface area (TPSA) is 149 Å². The quantitative estimate of drug-likeness (QED) is 0.0441. The predicted molar refractivity (Wildman–Crippen MR) is 180 cm³/mol. The summed E-state index contributed by atoms with van der Waals surface area (Å²) in [5.74, 6) is -0.185. The van der Waals surface area contributed by atoms with Gasteiger partial charge in [-0.15, -0.1) is 0 Å². The second-order valence-corrected chi connectivity index (χ2v) is 13.0. The smallest absolute Gasteiger partial charge is 0.220 e. The Balaban J connectivity index is 2.45. The van der Waals surface area contributed by atoms with E-state index in [0.717, 1.165) is 38.5 Å². The van der Waals surface area contributed by atoms with Crippen molar-refractivity contribution in [3.05, 3.63) is 12.2 Å². The number of unbranched alkanes of at least 4 members (excludes halogenated alkanes) is 19. The Hall–Kier alpha value is -1.07. The molecule has 7 unspecified atom stereocenters. The molecule has 0 aromatic heterocycles. The van der Waals surface area contributed by atoms with E-state index in [1.807, 2.05) is 6.08 Å². The van der Waals surface area contributed by atoms with Crippen LogP contribution in [0.1, 0.15) is 155 Å². The third-order valence-corrected chi connectivity index (χ3v) is 8.86. The van der Waals surface area contributed by atoms with Gasteiger partial charge in [0.2, 0.25) is 5.91 Å². The van der Waals surface area contributed by atoms with Crippen molar-refractivity contribution in [2.75, 3.05) is 13.2 Å². The van der Waals surface area contributed by atoms with Gasteiger partial charge in [-0.25, -0.2) is 0 Å². The molecule has 1 aliphatic heterocycles. The van der Waals surface area contributed by atoms with E-state index in [-0.39, 0.29) is 12.5 Å². The van der Waals surface area contributed by atoms with E-state index in [1.165, 1.54) is 96.3 Å². The summed E-state index contributed by atoms with van der Waals surface area (Å²) in [6.45, 7) is 3.69. The van der Waals surface area contributed by atoms with Gasteiger partial charge in [0.15, 0.2) is 6.29 Å². The van der Waals surface area contributed by atoms with Crippen LogP contribution >= 0.6 is 0 Å². The van der Waals surface area contributed by atoms with E-state index < -0.39 is 49.5 Å². The molecule has 1 saturated heterocycles. The van der Waals surface area contributed by atoms with E-state index in [9.17, 15) is 30.3 Å². The first-order valence-electron chi connectivity index (χ1n) is 18.4. The van der Waals surface area contributed by atoms with Gasteiger partial charge < -0.3 is 40.3 Å². The molecule has 45 heavy (non-hydrogen) atoms. The summed E-state index contributed by atoms with van der Waals surface area (Å²) in [6, 6.07) is -0.794. The van der Waals surface area contributed by atoms with E-state index in [2.05, 4.69) is 19.2 Å². The number of hydrogen-bond donors (Lipinski definition) is 6. The molecule has 0 aromatic carbocycles. The van der Waals surface area contributed by atoms with Crippen LogP contribution in [0.4, 0.5) is 0 Å². The van der Waals surface area contributed by atoms with Gasteiger partial charge in [-0.3, -0.25) is 4.79 Å². The summed E-state index contributed by atoms with van der Waals surface area (Å²) < 4.78 is 11.1. The van der Waals surface area contributed by atoms with Crippen LogP contribution < -0.4 is 5.32 Å². The predicted octanol–water partition coefficient (Wildman–Crippen LogP) is 5.83. The normalized spacial score (nSPS) is 23.4. The molecule has 0 bridgehead atoms. The molecule has 266 valence electrons. The van der Waals surface area contributed by atoms with Crippen LogP contribution in [0.2, 0.25) is 0 Å². The van der Waals surface area contributed by atoms with Crippen molar-refractivity contribution in [1.29, 1.82) is 0 Å². The maximum atomic E-state index is 12.7. The molecule has 0 spiro atoms. The van der Waals surface area contributed by atoms with Gasteiger partial charge >= 0.3 is 0 Å². The number of aliphatic hydroxyl groups is 5. The van der Waals surface area contributed by atoms with Crippen LogP contribution in [0, 0.1) is 0 Å². The molecule has 0 aromatic rings. The number of ether oxygens (including phenoxy) is 2. The molecule has 9 heteroatoms. The fourth-order valence-electron chi connectivity index (χ4n) is 5.80. The highest BCUT2D eigenvalue weighted by atomic mass is 16.7. The van der Waals surface area contributed by atoms with Crippen molar-refractivity contribution < 1.29 is 39.8 Å². The van der Waals surface area contributed by atoms with Gasteiger partial charge in [0.05, 0.1) is 25.4 Å². The standard InChI is InChI=1S/C36H69NO8/c1-3-5-7-9-11-12-13-14-15-16-17-18-20-21-23-25-30(39)29(37-32(40)26-24-22-19-10-8-6-4-2)28-44-36-35(43)34(42)33(41)31(27-38)45-36/h23,25,29-31,33-36,38-39,41-43H,3-22,24,26-28H2,1-2H3,(H,37,40)/b25-23+. The van der Waals surface area contributed by atoms with Gasteiger partial charge in [-0.05, 0) is 19.3 Å². The Morgan fingerprint density at radius 1 is 0.733 bits per heavy atom. The highest BCUT2D eigenvalue weighted by Gasteiger charge is 2.44. The molecule has 1 heterocycles. The lowest BCUT2D eigenvalue weighted by molar-refractivity contribution is -0.302. The number of aliphatic hydroxyl groups excluding tert-OH is 5. The van der Waals surface area contributed by atoms with Crippen molar-refractivity contribution >= 4 is 5.91 Å². The zero-order valence-corrected chi connectivity index (χ0v) is 28.6. The molecule has 0 saturated carbocycles. The molecule has 9 nitrogen and oxygen atoms in total. The summed E-state index contributed by atoms with van der Waals surface area (Å²) in [4.78, 5) is 12.7. The largest absolute Gasteiger partial charge is 0.394 e. The fraction of sp³-hybridized carbons (Fsp3) is 0.917. The Morgan fingerprint density at radius 3 is 1.73 bits per heavy atom. The molecule has 1 amide bonds. The number of allylic oxidation sites excluding steroid dienone is 1. The molecule has 1 fully saturated rings. The van der Waals surface area contributed by atoms with E-state index in [4.69, 9.17) is 9.47 Å². The lowest BCUT2D eigenvalue weighted by Gasteiger charge is -2.40. The zero-order valence-electron chi connectivity index (χ0n) is 28.6. The van der Waals surface area contributed by atoms with Crippen LogP contribution in [0.25, 0.3) is 0 Å². The zero-order chi connectivity index (χ0) is 33.1. The van der Waals surface area contributed by atoms with Crippen molar-refractivity contribution in [2.24, 2.45) is 0 Å². The first-order chi connectivity index (χ1) is 21.8. The minimum absolute atomic E-state index is 0.185. The highest BCUT2D eigenvalue weighted by Crippen LogP contribution is 2.22. The molecular weight excluding hydrogens is 574 g/mol. The highest BCUT2D eigenvalue weighted by molar-refractivity contribution is 5.76. The molecule has 1 rings (SSSR count). The second kappa shape index (κ2) is 28.0. The minimum atomic E-state index is -1.56. The Labute approximate surface area is 274 Å². The third kappa shape index (κ3) is 20.0. The lowest BCUT2D eigenvalue weighted by atomic mass is 9.99. The van der Waals surface area contributed by atoms with Crippen LogP contribution in [0.15, 0.2) is 12.2 Å². The average Bonchev–Trinajstić information content (AvgIpc) is 3.03. The van der Waals surface area contributed by atoms with Crippen molar-refractivity contribution in [3.63, 3.8) is 0 Å². The summed E-state index contributed by atoms with van der Waals surface area (Å²) in [5, 5.41) is 53.7. The molecule has 1 aliphatic rings. The number of amides is 1. The van der Waals surface area contributed by atoms with E-state index >= 15 is 0 Å². The van der Waals surface area contributed by atoms with Crippen LogP contribution in [0.3, 0.4) is 0 Å². The second-order valence-electron chi connectivity index (χ2n) is 13.0. The fourth-order valence-corrected chi connectivity index (χ4v) is 5.80. The van der Waals surface area contributed by atoms with Gasteiger partial charge in [0, 0.05) is 6.42 Å². The lowest BCUT2D eigenvalue weighted by Crippen LogP contribution is -2.60. The maximum Gasteiger partial charge on any atom is 0.220 e. The molecular formula is C36H69NO8. The number of nitrogens with one attached hydrogen (secondary N) is 1. The number of carbonyl (C=O) groups excluding carboxylic acids is 1. The van der Waals surface area contributed by atoms with Crippen LogP contribution in [-0.2, 0) is 14.3 Å². The van der Waals surface area contributed by atoms with Crippen molar-refractivity contribution in [2.45, 2.75) is 198 Å².